The molecule has 0 saturated carbocycles. The number of nitrogens with zero attached hydrogens (tertiary/aromatic N) is 1. The lowest BCUT2D eigenvalue weighted by Gasteiger charge is -2.14. The summed E-state index contributed by atoms with van der Waals surface area (Å²) in [5.41, 5.74) is 1.92. The number of benzene rings is 1. The van der Waals surface area contributed by atoms with Crippen LogP contribution in [0.25, 0.3) is 0 Å². The van der Waals surface area contributed by atoms with E-state index in [2.05, 4.69) is 15.0 Å². The topological polar surface area (TPSA) is 51.2 Å². The van der Waals surface area contributed by atoms with Crippen LogP contribution in [0.1, 0.15) is 11.1 Å². The molecule has 0 bridgehead atoms. The number of amides is 1. The lowest BCUT2D eigenvalue weighted by atomic mass is 10.1. The van der Waals surface area contributed by atoms with Crippen LogP contribution in [0.5, 0.6) is 5.75 Å². The van der Waals surface area contributed by atoms with Crippen molar-refractivity contribution in [3.63, 3.8) is 0 Å². The number of ether oxygens (including phenoxy) is 1. The van der Waals surface area contributed by atoms with Crippen LogP contribution < -0.4 is 10.1 Å². The van der Waals surface area contributed by atoms with E-state index in [1.54, 1.807) is 18.5 Å². The fraction of sp³-hybridized carbons (Fsp3) is 0.250. The van der Waals surface area contributed by atoms with Crippen molar-refractivity contribution in [3.05, 3.63) is 51.8 Å². The maximum Gasteiger partial charge on any atom is 0.422 e. The number of anilines is 1. The molecule has 0 spiro atoms. The smallest absolute Gasteiger partial charge is 0.422 e. The quantitative estimate of drug-likeness (QED) is 0.793. The van der Waals surface area contributed by atoms with Gasteiger partial charge >= 0.3 is 6.18 Å². The third-order valence-electron chi connectivity index (χ3n) is 3.16. The summed E-state index contributed by atoms with van der Waals surface area (Å²) >= 11 is 11.8. The van der Waals surface area contributed by atoms with E-state index >= 15 is 0 Å². The molecule has 0 radical (unpaired) electrons. The molecular weight excluding hydrogens is 380 g/mol. The summed E-state index contributed by atoms with van der Waals surface area (Å²) in [6.07, 6.45) is -1.22. The maximum absolute atomic E-state index is 12.2. The Labute approximate surface area is 151 Å². The average Bonchev–Trinajstić information content (AvgIpc) is 2.47. The highest BCUT2D eigenvalue weighted by molar-refractivity contribution is 6.37. The normalized spacial score (nSPS) is 11.3. The lowest BCUT2D eigenvalue weighted by molar-refractivity contribution is -0.153. The highest BCUT2D eigenvalue weighted by Crippen LogP contribution is 2.37. The van der Waals surface area contributed by atoms with Gasteiger partial charge in [-0.15, -0.1) is 0 Å². The molecule has 2 aromatic rings. The van der Waals surface area contributed by atoms with E-state index in [9.17, 15) is 18.0 Å². The van der Waals surface area contributed by atoms with Crippen LogP contribution in [-0.4, -0.2) is 23.7 Å². The molecule has 0 aliphatic rings. The summed E-state index contributed by atoms with van der Waals surface area (Å²) < 4.78 is 41.3. The Morgan fingerprint density at radius 1 is 1.28 bits per heavy atom. The number of carbonyl (C=O) groups is 1. The minimum Gasteiger partial charge on any atom is -0.481 e. The number of halogens is 5. The highest BCUT2D eigenvalue weighted by atomic mass is 35.5. The molecule has 25 heavy (non-hydrogen) atoms. The first-order chi connectivity index (χ1) is 11.7. The van der Waals surface area contributed by atoms with Crippen LogP contribution in [0.15, 0.2) is 30.6 Å². The zero-order valence-electron chi connectivity index (χ0n) is 13.0. The predicted octanol–water partition coefficient (Wildman–Crippen LogP) is 4.82. The monoisotopic (exact) mass is 392 g/mol. The lowest BCUT2D eigenvalue weighted by Crippen LogP contribution is -2.19. The molecule has 0 atom stereocenters. The minimum atomic E-state index is -4.51. The Morgan fingerprint density at radius 3 is 2.48 bits per heavy atom. The summed E-state index contributed by atoms with van der Waals surface area (Å²) in [7, 11) is 0. The van der Waals surface area contributed by atoms with Gasteiger partial charge in [-0.05, 0) is 36.2 Å². The van der Waals surface area contributed by atoms with E-state index in [-0.39, 0.29) is 33.8 Å². The Morgan fingerprint density at radius 2 is 1.92 bits per heavy atom. The van der Waals surface area contributed by atoms with Crippen molar-refractivity contribution in [1.82, 2.24) is 4.98 Å². The molecule has 9 heteroatoms. The molecule has 4 nitrogen and oxygen atoms in total. The molecule has 134 valence electrons. The van der Waals surface area contributed by atoms with Gasteiger partial charge in [0.2, 0.25) is 5.91 Å². The minimum absolute atomic E-state index is 0.0846. The first-order valence-corrected chi connectivity index (χ1v) is 7.79. The molecule has 0 aliphatic carbocycles. The van der Waals surface area contributed by atoms with Crippen molar-refractivity contribution in [1.29, 1.82) is 0 Å². The van der Waals surface area contributed by atoms with E-state index in [4.69, 9.17) is 23.2 Å². The summed E-state index contributed by atoms with van der Waals surface area (Å²) in [5, 5.41) is 2.32. The van der Waals surface area contributed by atoms with Crippen LogP contribution in [0, 0.1) is 6.92 Å². The Hall–Kier alpha value is -1.99. The van der Waals surface area contributed by atoms with E-state index in [0.29, 0.717) is 0 Å². The van der Waals surface area contributed by atoms with Crippen LogP contribution in [0.2, 0.25) is 10.0 Å². The zero-order chi connectivity index (χ0) is 18.6. The number of hydrogen-bond acceptors (Lipinski definition) is 3. The highest BCUT2D eigenvalue weighted by Gasteiger charge is 2.29. The maximum atomic E-state index is 12.2. The molecule has 1 heterocycles. The van der Waals surface area contributed by atoms with Crippen molar-refractivity contribution in [2.45, 2.75) is 19.5 Å². The molecule has 0 aliphatic heterocycles. The molecule has 0 unspecified atom stereocenters. The second-order valence-electron chi connectivity index (χ2n) is 5.20. The number of hydrogen-bond donors (Lipinski definition) is 1. The van der Waals surface area contributed by atoms with E-state index in [1.807, 2.05) is 6.92 Å². The largest absolute Gasteiger partial charge is 0.481 e. The third-order valence-corrected chi connectivity index (χ3v) is 3.72. The van der Waals surface area contributed by atoms with Crippen molar-refractivity contribution < 1.29 is 22.7 Å². The number of carbonyl (C=O) groups excluding carboxylic acids is 1. The number of aromatic nitrogens is 1. The van der Waals surface area contributed by atoms with Crippen LogP contribution in [-0.2, 0) is 11.2 Å². The fourth-order valence-electron chi connectivity index (χ4n) is 1.98. The van der Waals surface area contributed by atoms with Gasteiger partial charge < -0.3 is 10.1 Å². The number of rotatable bonds is 5. The first-order valence-electron chi connectivity index (χ1n) is 7.03. The fourth-order valence-corrected chi connectivity index (χ4v) is 2.58. The van der Waals surface area contributed by atoms with Crippen molar-refractivity contribution in [2.24, 2.45) is 0 Å². The molecule has 1 N–H and O–H groups in total. The number of pyridine rings is 1. The van der Waals surface area contributed by atoms with Gasteiger partial charge in [-0.2, -0.15) is 13.2 Å². The van der Waals surface area contributed by atoms with Gasteiger partial charge in [0.05, 0.1) is 16.5 Å². The van der Waals surface area contributed by atoms with Crippen LogP contribution in [0.4, 0.5) is 18.9 Å². The number of nitrogens with one attached hydrogen (secondary N) is 1. The summed E-state index contributed by atoms with van der Waals surface area (Å²) in [4.78, 5) is 16.0. The van der Waals surface area contributed by atoms with Gasteiger partial charge in [0.1, 0.15) is 0 Å². The summed E-state index contributed by atoms with van der Waals surface area (Å²) in [6.45, 7) is 0.337. The molecule has 1 aromatic carbocycles. The second-order valence-corrected chi connectivity index (χ2v) is 6.01. The molecule has 1 amide bonds. The van der Waals surface area contributed by atoms with Crippen molar-refractivity contribution in [2.75, 3.05) is 11.9 Å². The van der Waals surface area contributed by atoms with Gasteiger partial charge in [-0.3, -0.25) is 9.78 Å². The van der Waals surface area contributed by atoms with Gasteiger partial charge in [0.15, 0.2) is 12.4 Å². The standard InChI is InChI=1S/C16H13Cl2F3N2O2/c1-9-2-3-22-7-10(9)4-14(24)23-11-5-12(17)15(13(18)6-11)25-8-16(19,20)21/h2-3,5-7H,4,8H2,1H3,(H,23,24). The van der Waals surface area contributed by atoms with Crippen molar-refractivity contribution >= 4 is 34.8 Å². The SMILES string of the molecule is Cc1ccncc1CC(=O)Nc1cc(Cl)c(OCC(F)(F)F)c(Cl)c1. The van der Waals surface area contributed by atoms with E-state index in [0.717, 1.165) is 11.1 Å². The van der Waals surface area contributed by atoms with Gasteiger partial charge in [0, 0.05) is 18.1 Å². The number of alkyl halides is 3. The molecule has 1 aromatic heterocycles. The van der Waals surface area contributed by atoms with Gasteiger partial charge in [-0.25, -0.2) is 0 Å². The van der Waals surface area contributed by atoms with Crippen LogP contribution >= 0.6 is 23.2 Å². The predicted molar refractivity (Wildman–Crippen MR) is 89.3 cm³/mol. The Bertz CT molecular complexity index is 759. The molecule has 0 fully saturated rings. The average molecular weight is 393 g/mol. The molecule has 2 rings (SSSR count). The van der Waals surface area contributed by atoms with Gasteiger partial charge in [-0.1, -0.05) is 23.2 Å². The summed E-state index contributed by atoms with van der Waals surface area (Å²) in [6, 6.07) is 4.32. The van der Waals surface area contributed by atoms with E-state index < -0.39 is 12.8 Å². The first kappa shape index (κ1) is 19.3. The van der Waals surface area contributed by atoms with E-state index in [1.165, 1.54) is 12.1 Å². The van der Waals surface area contributed by atoms with Gasteiger partial charge in [0.25, 0.3) is 0 Å². The Kier molecular flexibility index (Phi) is 6.13. The van der Waals surface area contributed by atoms with Crippen molar-refractivity contribution in [3.8, 4) is 5.75 Å². The number of aryl methyl sites for hydroxylation is 1. The summed E-state index contributed by atoms with van der Waals surface area (Å²) in [5.74, 6) is -0.631. The van der Waals surface area contributed by atoms with Crippen LogP contribution in [0.3, 0.4) is 0 Å². The zero-order valence-corrected chi connectivity index (χ0v) is 14.5. The second kappa shape index (κ2) is 7.93. The molecular formula is C16H13Cl2F3N2O2. The third kappa shape index (κ3) is 5.79. The molecule has 0 saturated heterocycles. The Balaban J connectivity index is 2.08.